The van der Waals surface area contributed by atoms with Crippen molar-refractivity contribution in [3.8, 4) is 11.8 Å². The number of nitrogens with zero attached hydrogens (tertiary/aromatic N) is 3. The summed E-state index contributed by atoms with van der Waals surface area (Å²) < 4.78 is 11.4. The van der Waals surface area contributed by atoms with Gasteiger partial charge in [-0.05, 0) is 50.2 Å². The number of ether oxygens (including phenoxy) is 1. The molecule has 1 saturated heterocycles. The third kappa shape index (κ3) is 5.39. The molecule has 0 radical (unpaired) electrons. The maximum absolute atomic E-state index is 9.71. The number of allylic oxidation sites excluding steroid dienone is 1. The third-order valence-corrected chi connectivity index (χ3v) is 5.09. The topological polar surface area (TPSA) is 93.8 Å². The number of benzene rings is 2. The van der Waals surface area contributed by atoms with Crippen LogP contribution in [-0.4, -0.2) is 41.8 Å². The molecule has 0 aliphatic carbocycles. The van der Waals surface area contributed by atoms with Crippen molar-refractivity contribution < 1.29 is 14.7 Å². The predicted molar refractivity (Wildman–Crippen MR) is 121 cm³/mol. The van der Waals surface area contributed by atoms with Crippen LogP contribution in [0.15, 0.2) is 53.1 Å². The van der Waals surface area contributed by atoms with Gasteiger partial charge in [-0.3, -0.25) is 4.90 Å². The van der Waals surface area contributed by atoms with Crippen molar-refractivity contribution in [2.45, 2.75) is 19.3 Å². The molecular weight excluding hydrogens is 402 g/mol. The van der Waals surface area contributed by atoms with E-state index in [2.05, 4.69) is 16.1 Å². The molecule has 4 rings (SSSR count). The van der Waals surface area contributed by atoms with Gasteiger partial charge in [0.1, 0.15) is 24.1 Å². The fourth-order valence-corrected chi connectivity index (χ4v) is 3.59. The van der Waals surface area contributed by atoms with E-state index in [0.29, 0.717) is 23.5 Å². The van der Waals surface area contributed by atoms with Crippen LogP contribution < -0.4 is 4.74 Å². The summed E-state index contributed by atoms with van der Waals surface area (Å²) in [6.07, 6.45) is 5.70. The molecule has 0 spiro atoms. The van der Waals surface area contributed by atoms with Crippen molar-refractivity contribution in [1.82, 2.24) is 10.1 Å². The molecule has 0 atom stereocenters. The van der Waals surface area contributed by atoms with E-state index in [4.69, 9.17) is 9.26 Å². The van der Waals surface area contributed by atoms with Crippen LogP contribution in [0, 0.1) is 11.3 Å². The first-order valence-corrected chi connectivity index (χ1v) is 9.76. The Bertz CT molecular complexity index is 1020. The lowest BCUT2D eigenvalue weighted by Crippen LogP contribution is -2.33. The first kappa shape index (κ1) is 23.4. The molecule has 0 unspecified atom stereocenters. The highest BCUT2D eigenvalue weighted by atomic mass is 35.5. The molecule has 1 aromatic heterocycles. The first-order chi connectivity index (χ1) is 13.8. The zero-order valence-electron chi connectivity index (χ0n) is 16.7. The van der Waals surface area contributed by atoms with Crippen LogP contribution in [0.5, 0.6) is 5.75 Å². The van der Waals surface area contributed by atoms with Gasteiger partial charge in [0.25, 0.3) is 0 Å². The van der Waals surface area contributed by atoms with Gasteiger partial charge in [-0.2, -0.15) is 5.26 Å². The van der Waals surface area contributed by atoms with Crippen LogP contribution in [0.25, 0.3) is 22.6 Å². The minimum Gasteiger partial charge on any atom is -0.492 e. The van der Waals surface area contributed by atoms with Gasteiger partial charge in [0.2, 0.25) is 0 Å². The van der Waals surface area contributed by atoms with Gasteiger partial charge < -0.3 is 14.7 Å². The molecule has 1 aliphatic rings. The van der Waals surface area contributed by atoms with Gasteiger partial charge in [-0.25, -0.2) is 0 Å². The number of hydrogen-bond acceptors (Lipinski definition) is 5. The van der Waals surface area contributed by atoms with E-state index in [0.717, 1.165) is 36.3 Å². The smallest absolute Gasteiger partial charge is 0.167 e. The van der Waals surface area contributed by atoms with E-state index in [1.165, 1.54) is 19.3 Å². The van der Waals surface area contributed by atoms with Crippen LogP contribution >= 0.6 is 12.4 Å². The molecule has 2 aromatic carbocycles. The van der Waals surface area contributed by atoms with Gasteiger partial charge in [-0.1, -0.05) is 41.9 Å². The Labute approximate surface area is 182 Å². The highest BCUT2D eigenvalue weighted by molar-refractivity contribution is 5.99. The number of hydrogen-bond donors (Lipinski definition) is 0. The summed E-state index contributed by atoms with van der Waals surface area (Å²) in [7, 11) is 0. The Morgan fingerprint density at radius 3 is 2.63 bits per heavy atom. The molecule has 3 aromatic rings. The Morgan fingerprint density at radius 2 is 1.83 bits per heavy atom. The molecule has 0 saturated carbocycles. The lowest BCUT2D eigenvalue weighted by atomic mass is 10.1. The van der Waals surface area contributed by atoms with E-state index in [1.807, 2.05) is 54.6 Å². The lowest BCUT2D eigenvalue weighted by Gasteiger charge is -2.26. The second-order valence-corrected chi connectivity index (χ2v) is 6.99. The number of rotatable bonds is 6. The molecule has 30 heavy (non-hydrogen) atoms. The standard InChI is InChI=1S/C23H23N3O2.ClH.H2O/c24-17-19(23-20-9-3-5-11-22(20)28-25-23)16-18-8-2-4-10-21(18)27-15-14-26-12-6-1-7-13-26;;/h2-5,8-11,16H,1,6-7,12-15H2;1H;1H2/b19-16+;;. The van der Waals surface area contributed by atoms with E-state index < -0.39 is 0 Å². The Balaban J connectivity index is 0.00000160. The van der Waals surface area contributed by atoms with Crippen LogP contribution in [0.1, 0.15) is 30.5 Å². The monoisotopic (exact) mass is 427 g/mol. The summed E-state index contributed by atoms with van der Waals surface area (Å²) in [5.74, 6) is 0.778. The minimum atomic E-state index is 0. The number of para-hydroxylation sites is 2. The van der Waals surface area contributed by atoms with Crippen molar-refractivity contribution in [3.63, 3.8) is 0 Å². The molecule has 6 nitrogen and oxygen atoms in total. The van der Waals surface area contributed by atoms with Crippen LogP contribution in [0.2, 0.25) is 0 Å². The predicted octanol–water partition coefficient (Wildman–Crippen LogP) is 4.35. The summed E-state index contributed by atoms with van der Waals surface area (Å²) in [5, 5.41) is 14.6. The Hall–Kier alpha value is -2.85. The third-order valence-electron chi connectivity index (χ3n) is 5.09. The second-order valence-electron chi connectivity index (χ2n) is 6.99. The van der Waals surface area contributed by atoms with Gasteiger partial charge in [0, 0.05) is 12.1 Å². The van der Waals surface area contributed by atoms with Crippen molar-refractivity contribution in [2.75, 3.05) is 26.2 Å². The van der Waals surface area contributed by atoms with E-state index in [9.17, 15) is 5.26 Å². The van der Waals surface area contributed by atoms with Crippen LogP contribution in [0.4, 0.5) is 0 Å². The zero-order chi connectivity index (χ0) is 19.2. The highest BCUT2D eigenvalue weighted by Crippen LogP contribution is 2.28. The number of nitriles is 1. The highest BCUT2D eigenvalue weighted by Gasteiger charge is 2.14. The summed E-state index contributed by atoms with van der Waals surface area (Å²) in [6.45, 7) is 3.88. The van der Waals surface area contributed by atoms with Gasteiger partial charge in [0.05, 0.1) is 11.0 Å². The lowest BCUT2D eigenvalue weighted by molar-refractivity contribution is 0.183. The Kier molecular flexibility index (Phi) is 8.88. The summed E-state index contributed by atoms with van der Waals surface area (Å²) in [4.78, 5) is 2.45. The molecule has 7 heteroatoms. The average Bonchev–Trinajstić information content (AvgIpc) is 3.18. The molecule has 2 N–H and O–H groups in total. The zero-order valence-corrected chi connectivity index (χ0v) is 17.5. The van der Waals surface area contributed by atoms with E-state index in [1.54, 1.807) is 0 Å². The van der Waals surface area contributed by atoms with Crippen LogP contribution in [-0.2, 0) is 0 Å². The van der Waals surface area contributed by atoms with Crippen molar-refractivity contribution in [1.29, 1.82) is 5.26 Å². The summed E-state index contributed by atoms with van der Waals surface area (Å²) >= 11 is 0. The molecule has 0 bridgehead atoms. The fourth-order valence-electron chi connectivity index (χ4n) is 3.59. The minimum absolute atomic E-state index is 0. The molecular formula is C23H26ClN3O3. The molecule has 2 heterocycles. The Morgan fingerprint density at radius 1 is 1.10 bits per heavy atom. The number of fused-ring (bicyclic) bond motifs is 1. The summed E-state index contributed by atoms with van der Waals surface area (Å²) in [5.41, 5.74) is 2.55. The fraction of sp³-hybridized carbons (Fsp3) is 0.304. The number of aromatic nitrogens is 1. The molecule has 158 valence electrons. The van der Waals surface area contributed by atoms with Crippen molar-refractivity contribution >= 4 is 35.0 Å². The number of piperidine rings is 1. The normalized spacial score (nSPS) is 14.4. The molecule has 0 amide bonds. The quantitative estimate of drug-likeness (QED) is 0.545. The SMILES string of the molecule is Cl.N#C/C(=C\c1ccccc1OCCN1CCCCC1)c1noc2ccccc12.O. The first-order valence-electron chi connectivity index (χ1n) is 9.76. The average molecular weight is 428 g/mol. The largest absolute Gasteiger partial charge is 0.492 e. The van der Waals surface area contributed by atoms with E-state index in [-0.39, 0.29) is 17.9 Å². The number of likely N-dealkylation sites (tertiary alicyclic amines) is 1. The van der Waals surface area contributed by atoms with Gasteiger partial charge in [-0.15, -0.1) is 12.4 Å². The summed E-state index contributed by atoms with van der Waals surface area (Å²) in [6, 6.07) is 17.6. The molecule has 1 fully saturated rings. The van der Waals surface area contributed by atoms with E-state index >= 15 is 0 Å². The maximum Gasteiger partial charge on any atom is 0.167 e. The maximum atomic E-state index is 9.71. The van der Waals surface area contributed by atoms with Gasteiger partial charge in [0.15, 0.2) is 5.58 Å². The molecule has 1 aliphatic heterocycles. The van der Waals surface area contributed by atoms with Crippen molar-refractivity contribution in [3.05, 3.63) is 59.8 Å². The van der Waals surface area contributed by atoms with Crippen molar-refractivity contribution in [2.24, 2.45) is 0 Å². The van der Waals surface area contributed by atoms with Gasteiger partial charge >= 0.3 is 0 Å². The van der Waals surface area contributed by atoms with Crippen LogP contribution in [0.3, 0.4) is 0 Å². The number of halogens is 1. The second kappa shape index (κ2) is 11.4.